The van der Waals surface area contributed by atoms with Crippen molar-refractivity contribution in [2.24, 2.45) is 0 Å². The van der Waals surface area contributed by atoms with Crippen LogP contribution in [0.1, 0.15) is 38.7 Å². The van der Waals surface area contributed by atoms with Gasteiger partial charge in [0, 0.05) is 6.42 Å². The fraction of sp³-hybridized carbons (Fsp3) is 0.296. The Morgan fingerprint density at radius 1 is 0.935 bits per heavy atom. The van der Waals surface area contributed by atoms with Crippen LogP contribution in [-0.4, -0.2) is 20.9 Å². The Balaban J connectivity index is 1.83. The van der Waals surface area contributed by atoms with E-state index in [2.05, 4.69) is 91.9 Å². The number of ether oxygens (including phenoxy) is 1. The second-order valence-corrected chi connectivity index (χ2v) is 12.1. The lowest BCUT2D eigenvalue weighted by atomic mass is 9.90. The first-order valence-electron chi connectivity index (χ1n) is 11.1. The van der Waals surface area contributed by atoms with Crippen LogP contribution in [0.15, 0.2) is 91.0 Å². The summed E-state index contributed by atoms with van der Waals surface area (Å²) in [5.41, 5.74) is 1.04. The fourth-order valence-corrected chi connectivity index (χ4v) is 10.2. The Hall–Kier alpha value is -2.69. The maximum atomic E-state index is 12.3. The zero-order valence-corrected chi connectivity index (χ0v) is 19.3. The largest absolute Gasteiger partial charge is 0.466 e. The van der Waals surface area contributed by atoms with Gasteiger partial charge in [0.15, 0.2) is 0 Å². The van der Waals surface area contributed by atoms with Crippen LogP contribution in [0.25, 0.3) is 0 Å². The second-order valence-electron chi connectivity index (χ2n) is 8.41. The molecule has 0 N–H and O–H groups in total. The van der Waals surface area contributed by atoms with Gasteiger partial charge < -0.3 is 9.16 Å². The predicted octanol–water partition coefficient (Wildman–Crippen LogP) is 4.80. The monoisotopic (exact) mass is 430 g/mol. The molecular weight excluding hydrogens is 400 g/mol. The van der Waals surface area contributed by atoms with Crippen molar-refractivity contribution < 1.29 is 14.0 Å². The summed E-state index contributed by atoms with van der Waals surface area (Å²) in [5.74, 6) is -0.125. The molecule has 0 bridgehead atoms. The molecular formula is C27H30O3Si. The summed E-state index contributed by atoms with van der Waals surface area (Å²) in [7, 11) is -2.63. The van der Waals surface area contributed by atoms with E-state index in [-0.39, 0.29) is 11.5 Å². The molecule has 1 aliphatic heterocycles. The van der Waals surface area contributed by atoms with Gasteiger partial charge in [-0.15, -0.1) is 0 Å². The first-order valence-corrected chi connectivity index (χ1v) is 13.1. The first-order chi connectivity index (χ1) is 15.1. The van der Waals surface area contributed by atoms with E-state index >= 15 is 0 Å². The van der Waals surface area contributed by atoms with Crippen molar-refractivity contribution >= 4 is 24.7 Å². The third-order valence-electron chi connectivity index (χ3n) is 6.39. The van der Waals surface area contributed by atoms with E-state index in [9.17, 15) is 4.79 Å². The van der Waals surface area contributed by atoms with Crippen molar-refractivity contribution in [1.29, 1.82) is 0 Å². The topological polar surface area (TPSA) is 35.5 Å². The van der Waals surface area contributed by atoms with Gasteiger partial charge in [-0.25, -0.2) is 0 Å². The van der Waals surface area contributed by atoms with Crippen LogP contribution < -0.4 is 10.4 Å². The van der Waals surface area contributed by atoms with Crippen LogP contribution in [0.2, 0.25) is 5.54 Å². The van der Waals surface area contributed by atoms with Gasteiger partial charge in [0.25, 0.3) is 8.32 Å². The summed E-state index contributed by atoms with van der Waals surface area (Å²) in [4.78, 5) is 12.3. The number of carbonyl (C=O) groups is 1. The quantitative estimate of drug-likeness (QED) is 0.399. The molecule has 3 nitrogen and oxygen atoms in total. The molecule has 4 heteroatoms. The number of hydrogen-bond acceptors (Lipinski definition) is 3. The average Bonchev–Trinajstić information content (AvgIpc) is 3.14. The number of esters is 1. The Morgan fingerprint density at radius 3 is 1.97 bits per heavy atom. The molecule has 1 heterocycles. The van der Waals surface area contributed by atoms with Crippen molar-refractivity contribution in [3.63, 3.8) is 0 Å². The van der Waals surface area contributed by atoms with E-state index in [1.807, 2.05) is 13.0 Å². The molecule has 0 aliphatic carbocycles. The van der Waals surface area contributed by atoms with Crippen LogP contribution >= 0.6 is 0 Å². The Bertz CT molecular complexity index is 951. The molecule has 1 fully saturated rings. The molecule has 0 radical (unpaired) electrons. The lowest BCUT2D eigenvalue weighted by molar-refractivity contribution is -0.143. The first kappa shape index (κ1) is 21.5. The molecule has 3 aromatic carbocycles. The summed E-state index contributed by atoms with van der Waals surface area (Å²) in [6, 6.07) is 31.8. The van der Waals surface area contributed by atoms with Crippen molar-refractivity contribution in [3.05, 3.63) is 96.6 Å². The highest BCUT2D eigenvalue weighted by atomic mass is 28.4. The number of benzene rings is 3. The van der Waals surface area contributed by atoms with Gasteiger partial charge >= 0.3 is 5.97 Å². The molecule has 0 unspecified atom stereocenters. The fourth-order valence-electron chi connectivity index (χ4n) is 5.02. The zero-order chi connectivity index (χ0) is 21.7. The Kier molecular flexibility index (Phi) is 6.40. The molecule has 2 atom stereocenters. The highest BCUT2D eigenvalue weighted by Crippen LogP contribution is 2.50. The molecule has 160 valence electrons. The number of hydrogen-bond donors (Lipinski definition) is 0. The average molecular weight is 431 g/mol. The van der Waals surface area contributed by atoms with E-state index in [0.717, 1.165) is 12.8 Å². The number of carbonyl (C=O) groups excluding carboxylic acids is 1. The summed E-state index contributed by atoms with van der Waals surface area (Å²) < 4.78 is 12.5. The molecule has 0 spiro atoms. The Morgan fingerprint density at radius 2 is 1.45 bits per heavy atom. The minimum atomic E-state index is -2.63. The number of rotatable bonds is 7. The van der Waals surface area contributed by atoms with Gasteiger partial charge in [0.2, 0.25) is 0 Å². The van der Waals surface area contributed by atoms with Crippen molar-refractivity contribution in [1.82, 2.24) is 0 Å². The molecule has 1 aliphatic rings. The van der Waals surface area contributed by atoms with E-state index in [0.29, 0.717) is 13.0 Å². The van der Waals surface area contributed by atoms with Gasteiger partial charge in [-0.2, -0.15) is 0 Å². The normalized spacial score (nSPS) is 22.2. The van der Waals surface area contributed by atoms with E-state index < -0.39 is 13.9 Å². The molecule has 1 saturated heterocycles. The van der Waals surface area contributed by atoms with E-state index in [1.54, 1.807) is 0 Å². The third-order valence-corrected chi connectivity index (χ3v) is 11.2. The Labute approximate surface area is 186 Å². The second kappa shape index (κ2) is 9.21. The maximum Gasteiger partial charge on any atom is 0.305 e. The molecule has 0 aromatic heterocycles. The lowest BCUT2D eigenvalue weighted by Crippen LogP contribution is -2.62. The molecule has 0 saturated carbocycles. The van der Waals surface area contributed by atoms with Crippen LogP contribution in [-0.2, 0) is 19.6 Å². The van der Waals surface area contributed by atoms with Crippen LogP contribution in [0, 0.1) is 0 Å². The van der Waals surface area contributed by atoms with Crippen LogP contribution in [0.5, 0.6) is 0 Å². The van der Waals surface area contributed by atoms with Gasteiger partial charge in [-0.05, 0) is 48.2 Å². The summed E-state index contributed by atoms with van der Waals surface area (Å²) >= 11 is 0. The van der Waals surface area contributed by atoms with Gasteiger partial charge in [-0.3, -0.25) is 4.79 Å². The van der Waals surface area contributed by atoms with Crippen LogP contribution in [0.3, 0.4) is 0 Å². The molecule has 3 aromatic rings. The SMILES string of the molecule is CCOC(=O)CC[C@@H]1C[C@@](C)(c2ccccc2)O[Si]1(c1ccccc1)c1ccccc1. The van der Waals surface area contributed by atoms with Gasteiger partial charge in [0.05, 0.1) is 12.2 Å². The lowest BCUT2D eigenvalue weighted by Gasteiger charge is -2.35. The summed E-state index contributed by atoms with van der Waals surface area (Å²) in [6.45, 7) is 4.48. The van der Waals surface area contributed by atoms with Gasteiger partial charge in [-0.1, -0.05) is 91.0 Å². The maximum absolute atomic E-state index is 12.3. The zero-order valence-electron chi connectivity index (χ0n) is 18.3. The molecule has 0 amide bonds. The van der Waals surface area contributed by atoms with E-state index in [4.69, 9.17) is 9.16 Å². The summed E-state index contributed by atoms with van der Waals surface area (Å²) in [5, 5.41) is 2.52. The van der Waals surface area contributed by atoms with Crippen molar-refractivity contribution in [3.8, 4) is 0 Å². The smallest absolute Gasteiger partial charge is 0.305 e. The minimum absolute atomic E-state index is 0.125. The van der Waals surface area contributed by atoms with E-state index in [1.165, 1.54) is 15.9 Å². The highest BCUT2D eigenvalue weighted by molar-refractivity contribution is 6.99. The molecule has 31 heavy (non-hydrogen) atoms. The van der Waals surface area contributed by atoms with Crippen LogP contribution in [0.4, 0.5) is 0 Å². The van der Waals surface area contributed by atoms with Crippen molar-refractivity contribution in [2.75, 3.05) is 6.61 Å². The highest BCUT2D eigenvalue weighted by Gasteiger charge is 2.58. The standard InChI is InChI=1S/C27H30O3Si/c1-3-29-26(28)20-19-25-21-27(2,22-13-7-4-8-14-22)30-31(25,23-15-9-5-10-16-23)24-17-11-6-12-18-24/h4-18,25H,3,19-21H2,1-2H3/t25-,27+/m1/s1. The minimum Gasteiger partial charge on any atom is -0.466 e. The predicted molar refractivity (Wildman–Crippen MR) is 127 cm³/mol. The van der Waals surface area contributed by atoms with Gasteiger partial charge in [0.1, 0.15) is 0 Å². The van der Waals surface area contributed by atoms with Crippen molar-refractivity contribution in [2.45, 2.75) is 44.3 Å². The summed E-state index contributed by atoms with van der Waals surface area (Å²) in [6.07, 6.45) is 2.06. The third kappa shape index (κ3) is 4.23. The molecule has 4 rings (SSSR count).